The number of rotatable bonds is 6. The van der Waals surface area contributed by atoms with Crippen LogP contribution < -0.4 is 0 Å². The van der Waals surface area contributed by atoms with Crippen LogP contribution in [0.4, 0.5) is 9.18 Å². The van der Waals surface area contributed by atoms with Crippen molar-refractivity contribution in [2.24, 2.45) is 5.41 Å². The molecule has 0 aliphatic carbocycles. The highest BCUT2D eigenvalue weighted by Crippen LogP contribution is 2.27. The average Bonchev–Trinajstić information content (AvgIpc) is 3.13. The summed E-state index contributed by atoms with van der Waals surface area (Å²) in [5.41, 5.74) is 0.762. The highest BCUT2D eigenvalue weighted by atomic mass is 32.2. The summed E-state index contributed by atoms with van der Waals surface area (Å²) in [5, 5.41) is 13.8. The van der Waals surface area contributed by atoms with Crippen molar-refractivity contribution in [3.8, 4) is 5.69 Å². The fraction of sp³-hybridized carbons (Fsp3) is 0.318. The van der Waals surface area contributed by atoms with E-state index >= 15 is 0 Å². The van der Waals surface area contributed by atoms with E-state index in [0.717, 1.165) is 4.68 Å². The molecule has 0 aliphatic heterocycles. The van der Waals surface area contributed by atoms with Gasteiger partial charge in [0.2, 0.25) is 9.84 Å². The molecule has 3 aromatic rings. The standard InChI is InChI=1S/C22H25FN4O4S/c1-15-7-8-16(23)10-19(15)27-20(32(30,31)18-6-5-9-24-12-18)11-17(25-27)13-26(21(28)29)14-22(2,3)4/h5-12H,13-14H2,1-4H3,(H,28,29). The summed E-state index contributed by atoms with van der Waals surface area (Å²) in [4.78, 5) is 16.8. The van der Waals surface area contributed by atoms with Crippen LogP contribution in [0.15, 0.2) is 58.7 Å². The average molecular weight is 461 g/mol. The van der Waals surface area contributed by atoms with Gasteiger partial charge in [-0.3, -0.25) is 4.98 Å². The first kappa shape index (κ1) is 23.4. The number of amides is 1. The summed E-state index contributed by atoms with van der Waals surface area (Å²) in [5.74, 6) is -0.549. The zero-order valence-corrected chi connectivity index (χ0v) is 19.1. The van der Waals surface area contributed by atoms with Gasteiger partial charge in [0.1, 0.15) is 5.82 Å². The summed E-state index contributed by atoms with van der Waals surface area (Å²) >= 11 is 0. The van der Waals surface area contributed by atoms with Gasteiger partial charge in [-0.1, -0.05) is 26.8 Å². The van der Waals surface area contributed by atoms with Gasteiger partial charge in [-0.2, -0.15) is 5.10 Å². The Labute approximate surface area is 186 Å². The van der Waals surface area contributed by atoms with Gasteiger partial charge in [0.05, 0.1) is 22.8 Å². The predicted molar refractivity (Wildman–Crippen MR) is 116 cm³/mol. The van der Waals surface area contributed by atoms with Crippen LogP contribution in [0.1, 0.15) is 32.0 Å². The van der Waals surface area contributed by atoms with Gasteiger partial charge in [0.25, 0.3) is 0 Å². The third kappa shape index (κ3) is 5.13. The minimum Gasteiger partial charge on any atom is -0.465 e. The molecule has 0 aliphatic rings. The molecule has 3 rings (SSSR count). The number of hydrogen-bond donors (Lipinski definition) is 1. The van der Waals surface area contributed by atoms with E-state index in [1.54, 1.807) is 6.92 Å². The van der Waals surface area contributed by atoms with Gasteiger partial charge in [-0.05, 0) is 42.2 Å². The molecule has 0 saturated carbocycles. The van der Waals surface area contributed by atoms with Crippen LogP contribution in [0, 0.1) is 18.2 Å². The Kier molecular flexibility index (Phi) is 6.36. The predicted octanol–water partition coefficient (Wildman–Crippen LogP) is 4.07. The lowest BCUT2D eigenvalue weighted by molar-refractivity contribution is 0.122. The smallest absolute Gasteiger partial charge is 0.407 e. The monoisotopic (exact) mass is 460 g/mol. The molecule has 10 heteroatoms. The molecule has 1 N–H and O–H groups in total. The first-order valence-electron chi connectivity index (χ1n) is 9.87. The normalized spacial score (nSPS) is 12.0. The Hall–Kier alpha value is -3.27. The quantitative estimate of drug-likeness (QED) is 0.594. The van der Waals surface area contributed by atoms with E-state index < -0.39 is 21.7 Å². The Morgan fingerprint density at radius 2 is 1.94 bits per heavy atom. The number of sulfone groups is 1. The zero-order valence-electron chi connectivity index (χ0n) is 18.3. The fourth-order valence-corrected chi connectivity index (χ4v) is 4.61. The molecular weight excluding hydrogens is 435 g/mol. The van der Waals surface area contributed by atoms with Crippen LogP contribution in [-0.4, -0.2) is 45.8 Å². The molecule has 8 nitrogen and oxygen atoms in total. The van der Waals surface area contributed by atoms with Crippen LogP contribution in [-0.2, 0) is 16.4 Å². The number of carbonyl (C=O) groups is 1. The molecule has 32 heavy (non-hydrogen) atoms. The molecule has 2 heterocycles. The molecule has 0 bridgehead atoms. The number of benzene rings is 1. The van der Waals surface area contributed by atoms with Gasteiger partial charge in [-0.25, -0.2) is 22.3 Å². The Morgan fingerprint density at radius 3 is 2.53 bits per heavy atom. The molecule has 1 aromatic carbocycles. The summed E-state index contributed by atoms with van der Waals surface area (Å²) in [7, 11) is -4.07. The maximum absolute atomic E-state index is 14.0. The minimum atomic E-state index is -4.07. The second kappa shape index (κ2) is 8.70. The van der Waals surface area contributed by atoms with Crippen LogP contribution >= 0.6 is 0 Å². The first-order chi connectivity index (χ1) is 14.9. The van der Waals surface area contributed by atoms with E-state index in [4.69, 9.17) is 0 Å². The summed E-state index contributed by atoms with van der Waals surface area (Å²) in [6, 6.07) is 8.21. The van der Waals surface area contributed by atoms with Crippen LogP contribution in [0.25, 0.3) is 5.69 Å². The lowest BCUT2D eigenvalue weighted by Gasteiger charge is -2.27. The van der Waals surface area contributed by atoms with Crippen molar-refractivity contribution in [3.63, 3.8) is 0 Å². The number of carboxylic acid groups (broad SMARTS) is 1. The highest BCUT2D eigenvalue weighted by molar-refractivity contribution is 7.91. The highest BCUT2D eigenvalue weighted by Gasteiger charge is 2.28. The van der Waals surface area contributed by atoms with Crippen molar-refractivity contribution in [3.05, 3.63) is 65.9 Å². The molecule has 1 amide bonds. The van der Waals surface area contributed by atoms with E-state index in [1.165, 1.54) is 53.7 Å². The van der Waals surface area contributed by atoms with Crippen molar-refractivity contribution >= 4 is 15.9 Å². The fourth-order valence-electron chi connectivity index (χ4n) is 3.25. The minimum absolute atomic E-state index is 0.0495. The van der Waals surface area contributed by atoms with Gasteiger partial charge < -0.3 is 10.0 Å². The number of aryl methyl sites for hydroxylation is 1. The Bertz CT molecular complexity index is 1230. The molecule has 0 unspecified atom stereocenters. The number of pyridine rings is 1. The third-order valence-corrected chi connectivity index (χ3v) is 6.34. The van der Waals surface area contributed by atoms with Crippen molar-refractivity contribution in [1.29, 1.82) is 0 Å². The lowest BCUT2D eigenvalue weighted by atomic mass is 9.96. The molecule has 0 atom stereocenters. The Morgan fingerprint density at radius 1 is 1.22 bits per heavy atom. The van der Waals surface area contributed by atoms with Gasteiger partial charge in [0.15, 0.2) is 5.03 Å². The molecule has 0 fully saturated rings. The number of hydrogen-bond acceptors (Lipinski definition) is 5. The topological polar surface area (TPSA) is 105 Å². The number of aromatic nitrogens is 3. The third-order valence-electron chi connectivity index (χ3n) is 4.64. The van der Waals surface area contributed by atoms with Crippen molar-refractivity contribution < 1.29 is 22.7 Å². The number of halogens is 1. The van der Waals surface area contributed by atoms with Crippen LogP contribution in [0.5, 0.6) is 0 Å². The van der Waals surface area contributed by atoms with Crippen molar-refractivity contribution in [1.82, 2.24) is 19.7 Å². The van der Waals surface area contributed by atoms with Crippen LogP contribution in [0.3, 0.4) is 0 Å². The van der Waals surface area contributed by atoms with E-state index in [-0.39, 0.29) is 39.8 Å². The van der Waals surface area contributed by atoms with Crippen LogP contribution in [0.2, 0.25) is 0 Å². The maximum atomic E-state index is 14.0. The summed E-state index contributed by atoms with van der Waals surface area (Å²) < 4.78 is 41.9. The zero-order chi connectivity index (χ0) is 23.7. The van der Waals surface area contributed by atoms with Gasteiger partial charge >= 0.3 is 6.09 Å². The second-order valence-electron chi connectivity index (χ2n) is 8.71. The van der Waals surface area contributed by atoms with Crippen molar-refractivity contribution in [2.45, 2.75) is 44.2 Å². The van der Waals surface area contributed by atoms with Gasteiger partial charge in [0, 0.05) is 25.0 Å². The molecule has 2 aromatic heterocycles. The first-order valence-corrected chi connectivity index (χ1v) is 11.4. The van der Waals surface area contributed by atoms with E-state index in [0.29, 0.717) is 5.56 Å². The second-order valence-corrected chi connectivity index (χ2v) is 10.6. The number of nitrogens with zero attached hydrogens (tertiary/aromatic N) is 4. The Balaban J connectivity index is 2.16. The molecular formula is C22H25FN4O4S. The molecule has 0 saturated heterocycles. The van der Waals surface area contributed by atoms with E-state index in [2.05, 4.69) is 10.1 Å². The van der Waals surface area contributed by atoms with Crippen molar-refractivity contribution in [2.75, 3.05) is 6.54 Å². The SMILES string of the molecule is Cc1ccc(F)cc1-n1nc(CN(CC(C)(C)C)C(=O)O)cc1S(=O)(=O)c1cccnc1. The van der Waals surface area contributed by atoms with E-state index in [1.807, 2.05) is 20.8 Å². The molecule has 0 radical (unpaired) electrons. The maximum Gasteiger partial charge on any atom is 0.407 e. The lowest BCUT2D eigenvalue weighted by Crippen LogP contribution is -2.36. The largest absolute Gasteiger partial charge is 0.465 e. The molecule has 170 valence electrons. The molecule has 0 spiro atoms. The van der Waals surface area contributed by atoms with E-state index in [9.17, 15) is 22.7 Å². The summed E-state index contributed by atoms with van der Waals surface area (Å²) in [6.07, 6.45) is 1.52. The summed E-state index contributed by atoms with van der Waals surface area (Å²) in [6.45, 7) is 7.50. The van der Waals surface area contributed by atoms with Gasteiger partial charge in [-0.15, -0.1) is 0 Å².